The van der Waals surface area contributed by atoms with Gasteiger partial charge in [0.05, 0.1) is 34.6 Å². The Balaban J connectivity index is 0.000000256. The van der Waals surface area contributed by atoms with E-state index in [0.29, 0.717) is 32.1 Å². The van der Waals surface area contributed by atoms with Crippen LogP contribution in [0.3, 0.4) is 0 Å². The Hall–Kier alpha value is -7.68. The minimum atomic E-state index is -1.00. The van der Waals surface area contributed by atoms with E-state index in [1.54, 1.807) is 6.07 Å². The zero-order valence-electron chi connectivity index (χ0n) is 38.9. The van der Waals surface area contributed by atoms with Gasteiger partial charge in [0.15, 0.2) is 11.6 Å². The average Bonchev–Trinajstić information content (AvgIpc) is 3.31. The van der Waals surface area contributed by atoms with Crippen LogP contribution in [0.2, 0.25) is 0 Å². The van der Waals surface area contributed by atoms with Gasteiger partial charge in [-0.05, 0) is 66.5 Å². The number of carboxylic acid groups (broad SMARTS) is 1. The molecule has 68 heavy (non-hydrogen) atoms. The Kier molecular flexibility index (Phi) is 17.5. The summed E-state index contributed by atoms with van der Waals surface area (Å²) in [4.78, 5) is 96.9. The first-order chi connectivity index (χ1) is 32.3. The number of aromatic hydroxyl groups is 2. The lowest BCUT2D eigenvalue weighted by molar-refractivity contribution is -0.137. The van der Waals surface area contributed by atoms with Crippen LogP contribution in [0.1, 0.15) is 136 Å². The van der Waals surface area contributed by atoms with Crippen LogP contribution in [0, 0.1) is 5.41 Å². The van der Waals surface area contributed by atoms with Gasteiger partial charge in [-0.15, -0.1) is 0 Å². The zero-order valence-corrected chi connectivity index (χ0v) is 38.9. The number of phenolic OH excluding ortho intramolecular Hbond substituents is 2. The van der Waals surface area contributed by atoms with Crippen LogP contribution in [-0.4, -0.2) is 38.6 Å². The Morgan fingerprint density at radius 3 is 1.26 bits per heavy atom. The molecule has 15 heteroatoms. The van der Waals surface area contributed by atoms with E-state index in [1.165, 1.54) is 30.3 Å². The van der Waals surface area contributed by atoms with E-state index < -0.39 is 33.5 Å². The molecule has 0 heterocycles. The van der Waals surface area contributed by atoms with E-state index in [1.807, 2.05) is 95.3 Å². The molecule has 7 N–H and O–H groups in total. The molecule has 0 amide bonds. The molecule has 356 valence electrons. The normalized spacial score (nSPS) is 12.1. The summed E-state index contributed by atoms with van der Waals surface area (Å²) in [7, 11) is 0. The number of rotatable bonds is 23. The smallest absolute Gasteiger partial charge is 0.303 e. The number of para-hydroxylation sites is 2. The van der Waals surface area contributed by atoms with Gasteiger partial charge < -0.3 is 36.6 Å². The van der Waals surface area contributed by atoms with E-state index >= 15 is 0 Å². The summed E-state index contributed by atoms with van der Waals surface area (Å²) in [5.74, 6) is -2.25. The highest BCUT2D eigenvalue weighted by atomic mass is 16.4. The Morgan fingerprint density at radius 2 is 0.897 bits per heavy atom. The van der Waals surface area contributed by atoms with Crippen molar-refractivity contribution < 1.29 is 34.5 Å². The lowest BCUT2D eigenvalue weighted by Crippen LogP contribution is -2.37. The summed E-state index contributed by atoms with van der Waals surface area (Å²) >= 11 is 0. The largest absolute Gasteiger partial charge is 0.505 e. The highest BCUT2D eigenvalue weighted by molar-refractivity contribution is 6.02. The van der Waals surface area contributed by atoms with Crippen molar-refractivity contribution in [2.45, 2.75) is 104 Å². The van der Waals surface area contributed by atoms with E-state index in [4.69, 9.17) is 5.11 Å². The van der Waals surface area contributed by atoms with Crippen LogP contribution in [-0.2, 0) is 9.59 Å². The Bertz CT molecular complexity index is 2890. The molecule has 6 aromatic carbocycles. The number of hydrogen-bond acceptors (Lipinski definition) is 14. The van der Waals surface area contributed by atoms with Crippen LogP contribution < -0.4 is 43.0 Å². The first-order valence-corrected chi connectivity index (χ1v) is 22.6. The number of nitrogens with one attached hydrogen (secondary N) is 4. The number of anilines is 6. The molecule has 0 radical (unpaired) electrons. The van der Waals surface area contributed by atoms with Crippen molar-refractivity contribution in [3.63, 3.8) is 0 Å². The van der Waals surface area contributed by atoms with Crippen molar-refractivity contribution in [1.29, 1.82) is 0 Å². The van der Waals surface area contributed by atoms with Gasteiger partial charge in [0.25, 0.3) is 21.7 Å². The first-order valence-electron chi connectivity index (χ1n) is 22.6. The van der Waals surface area contributed by atoms with Crippen LogP contribution >= 0.6 is 0 Å². The van der Waals surface area contributed by atoms with Crippen LogP contribution in [0.15, 0.2) is 116 Å². The van der Waals surface area contributed by atoms with E-state index in [9.17, 15) is 48.6 Å². The van der Waals surface area contributed by atoms with Gasteiger partial charge in [-0.1, -0.05) is 107 Å². The molecule has 15 nitrogen and oxygen atoms in total. The van der Waals surface area contributed by atoms with E-state index in [2.05, 4.69) is 21.3 Å². The predicted molar refractivity (Wildman–Crippen MR) is 265 cm³/mol. The molecule has 0 unspecified atom stereocenters. The molecule has 0 aliphatic rings. The fourth-order valence-corrected chi connectivity index (χ4v) is 7.66. The first kappa shape index (κ1) is 51.3. The minimum absolute atomic E-state index is 0.0179. The molecule has 6 rings (SSSR count). The van der Waals surface area contributed by atoms with Crippen LogP contribution in [0.25, 0.3) is 0 Å². The quantitative estimate of drug-likeness (QED) is 0.0180. The maximum absolute atomic E-state index is 12.7. The fraction of sp³-hybridized carbons (Fsp3) is 0.321. The van der Waals surface area contributed by atoms with E-state index in [-0.39, 0.29) is 111 Å². The summed E-state index contributed by atoms with van der Waals surface area (Å²) in [6.07, 6.45) is 2.60. The number of carbonyl (C=O) groups is 4. The Morgan fingerprint density at radius 1 is 0.515 bits per heavy atom. The standard InChI is InChI=1S/C29H34N2O5.C24H24N2O6/c1-5-21(18-11-7-6-8-12-18)30-24-25(28(36)27(24)35)31-22-15-10-14-20(26(22)34)23(33)16-9-13-19(32)17-29(2,3)4;1-2-16(14-8-4-3-5-9-14)25-20-21(24(32)23(20)31)26-17-11-6-10-15(22(17)30)18(27)12-7-13-19(28)29/h6-8,10-12,14-15,21,30-31,34H,5,9,13,16-17H2,1-4H3;3-6,8-11,16,25-26,30H,2,7,12-13H2,1H3,(H,28,29)/t21-;16-/m11/s1. The monoisotopic (exact) mass is 926 g/mol. The average molecular weight is 927 g/mol. The molecular weight excluding hydrogens is 869 g/mol. The molecule has 0 aliphatic carbocycles. The van der Waals surface area contributed by atoms with Crippen LogP contribution in [0.5, 0.6) is 11.5 Å². The minimum Gasteiger partial charge on any atom is -0.505 e. The molecule has 0 bridgehead atoms. The molecule has 0 fully saturated rings. The van der Waals surface area contributed by atoms with Crippen molar-refractivity contribution >= 4 is 57.4 Å². The highest BCUT2D eigenvalue weighted by Crippen LogP contribution is 2.35. The molecule has 0 aromatic heterocycles. The number of benzene rings is 4. The van der Waals surface area contributed by atoms with Gasteiger partial charge in [-0.25, -0.2) is 0 Å². The fourth-order valence-electron chi connectivity index (χ4n) is 7.66. The summed E-state index contributed by atoms with van der Waals surface area (Å²) in [5.41, 5.74) is -0.0740. The SMILES string of the molecule is CC[C@@H](Nc1c(Nc2cccc(C(=O)CCCC(=O)CC(C)(C)C)c2O)c(=O)c1=O)c1ccccc1.CC[C@@H](Nc1c(Nc2cccc(C(=O)CCCC(=O)O)c2O)c(=O)c1=O)c1ccccc1. The molecular formula is C53H58N4O11. The zero-order chi connectivity index (χ0) is 49.7. The van der Waals surface area contributed by atoms with Gasteiger partial charge in [0.1, 0.15) is 40.0 Å². The van der Waals surface area contributed by atoms with Crippen molar-refractivity contribution in [2.75, 3.05) is 21.3 Å². The van der Waals surface area contributed by atoms with Gasteiger partial charge in [0.2, 0.25) is 0 Å². The summed E-state index contributed by atoms with van der Waals surface area (Å²) < 4.78 is 0. The van der Waals surface area contributed by atoms with Gasteiger partial charge in [-0.2, -0.15) is 0 Å². The predicted octanol–water partition coefficient (Wildman–Crippen LogP) is 9.39. The number of aliphatic carboxylic acids is 1. The van der Waals surface area contributed by atoms with Gasteiger partial charge in [-0.3, -0.25) is 38.4 Å². The third-order valence-corrected chi connectivity index (χ3v) is 11.3. The van der Waals surface area contributed by atoms with Gasteiger partial charge >= 0.3 is 5.97 Å². The van der Waals surface area contributed by atoms with Crippen molar-refractivity contribution in [3.05, 3.63) is 160 Å². The second kappa shape index (κ2) is 23.2. The third-order valence-electron chi connectivity index (χ3n) is 11.3. The summed E-state index contributed by atoms with van der Waals surface area (Å²) in [6.45, 7) is 9.91. The lowest BCUT2D eigenvalue weighted by atomic mass is 9.88. The summed E-state index contributed by atoms with van der Waals surface area (Å²) in [5, 5.41) is 41.9. The van der Waals surface area contributed by atoms with Crippen molar-refractivity contribution in [2.24, 2.45) is 5.41 Å². The lowest BCUT2D eigenvalue weighted by Gasteiger charge is -2.22. The van der Waals surface area contributed by atoms with Gasteiger partial charge in [0, 0.05) is 32.1 Å². The number of carbonyl (C=O) groups excluding carboxylic acids is 3. The Labute approximate surface area is 393 Å². The number of carboxylic acids is 1. The summed E-state index contributed by atoms with van der Waals surface area (Å²) in [6, 6.07) is 27.8. The van der Waals surface area contributed by atoms with Crippen LogP contribution in [0.4, 0.5) is 34.1 Å². The number of Topliss-reactive ketones (excluding diaryl/α,β-unsaturated/α-hetero) is 3. The molecule has 2 atom stereocenters. The second-order valence-corrected chi connectivity index (χ2v) is 17.7. The molecule has 0 saturated carbocycles. The van der Waals surface area contributed by atoms with Crippen molar-refractivity contribution in [1.82, 2.24) is 0 Å². The number of hydrogen-bond donors (Lipinski definition) is 7. The maximum atomic E-state index is 12.7. The molecule has 0 spiro atoms. The maximum Gasteiger partial charge on any atom is 0.303 e. The topological polar surface area (TPSA) is 245 Å². The van der Waals surface area contributed by atoms with E-state index in [0.717, 1.165) is 11.1 Å². The second-order valence-electron chi connectivity index (χ2n) is 17.7. The molecule has 0 saturated heterocycles. The highest BCUT2D eigenvalue weighted by Gasteiger charge is 2.27. The van der Waals surface area contributed by atoms with Crippen molar-refractivity contribution in [3.8, 4) is 11.5 Å². The molecule has 0 aliphatic heterocycles. The molecule has 6 aromatic rings. The third kappa shape index (κ3) is 13.0. The number of phenols is 2. The number of ketones is 3.